The van der Waals surface area contributed by atoms with Gasteiger partial charge in [0.25, 0.3) is 0 Å². The van der Waals surface area contributed by atoms with Crippen molar-refractivity contribution in [3.63, 3.8) is 0 Å². The van der Waals surface area contributed by atoms with Gasteiger partial charge >= 0.3 is 0 Å². The van der Waals surface area contributed by atoms with Gasteiger partial charge in [-0.2, -0.15) is 0 Å². The molecule has 1 saturated heterocycles. The molecule has 0 amide bonds. The van der Waals surface area contributed by atoms with Gasteiger partial charge in [-0.25, -0.2) is 0 Å². The van der Waals surface area contributed by atoms with E-state index in [1.807, 2.05) is 13.8 Å². The number of hydrogen-bond acceptors (Lipinski definition) is 5. The molecular formula is C11H21BO4PS-. The monoisotopic (exact) mass is 291 g/mol. The number of hydrogen-bond donors (Lipinski definition) is 0. The standard InChI is InChI=1S/C11H22BO4PS/c1-7(2)14-6-10-9(5-11(12)15-10)16-17(13,18)8(3)4/h7-11H,5-6H2,1-4H3,(H,13,18)/p-1/t9?,10-,11-,17?/m1/s1. The molecule has 0 aliphatic carbocycles. The van der Waals surface area contributed by atoms with Crippen molar-refractivity contribution in [1.29, 1.82) is 0 Å². The van der Waals surface area contributed by atoms with Gasteiger partial charge in [-0.3, -0.25) is 0 Å². The highest BCUT2D eigenvalue weighted by Crippen LogP contribution is 2.46. The second-order valence-corrected chi connectivity index (χ2v) is 8.96. The maximum Gasteiger partial charge on any atom is 0.109 e. The molecule has 0 bridgehead atoms. The molecule has 7 heteroatoms. The molecule has 2 radical (unpaired) electrons. The molecule has 18 heavy (non-hydrogen) atoms. The van der Waals surface area contributed by atoms with Crippen LogP contribution in [0.2, 0.25) is 0 Å². The van der Waals surface area contributed by atoms with Crippen LogP contribution in [0.3, 0.4) is 0 Å². The molecule has 0 aromatic carbocycles. The fourth-order valence-corrected chi connectivity index (χ4v) is 2.78. The summed E-state index contributed by atoms with van der Waals surface area (Å²) >= 11 is 5.03. The van der Waals surface area contributed by atoms with E-state index in [0.717, 1.165) is 0 Å². The van der Waals surface area contributed by atoms with E-state index in [9.17, 15) is 4.89 Å². The smallest absolute Gasteiger partial charge is 0.109 e. The Morgan fingerprint density at radius 2 is 2.06 bits per heavy atom. The molecule has 1 rings (SSSR count). The maximum absolute atomic E-state index is 12.1. The third-order valence-corrected chi connectivity index (χ3v) is 6.09. The summed E-state index contributed by atoms with van der Waals surface area (Å²) in [6.45, 7) is 4.82. The van der Waals surface area contributed by atoms with Crippen LogP contribution in [-0.4, -0.2) is 44.4 Å². The molecule has 0 aromatic heterocycles. The van der Waals surface area contributed by atoms with Gasteiger partial charge in [-0.1, -0.05) is 25.7 Å². The molecule has 0 spiro atoms. The lowest BCUT2D eigenvalue weighted by Crippen LogP contribution is -2.32. The van der Waals surface area contributed by atoms with Crippen molar-refractivity contribution in [1.82, 2.24) is 0 Å². The predicted octanol–water partition coefficient (Wildman–Crippen LogP) is 1.16. The van der Waals surface area contributed by atoms with Gasteiger partial charge in [0.05, 0.1) is 18.8 Å². The molecule has 1 heterocycles. The van der Waals surface area contributed by atoms with Crippen LogP contribution in [-0.2, 0) is 25.8 Å². The highest BCUT2D eigenvalue weighted by Gasteiger charge is 2.35. The predicted molar refractivity (Wildman–Crippen MR) is 74.4 cm³/mol. The fourth-order valence-electron chi connectivity index (χ4n) is 1.60. The van der Waals surface area contributed by atoms with Crippen LogP contribution in [0, 0.1) is 0 Å². The van der Waals surface area contributed by atoms with E-state index in [-0.39, 0.29) is 24.0 Å². The Morgan fingerprint density at radius 3 is 2.56 bits per heavy atom. The van der Waals surface area contributed by atoms with Gasteiger partial charge in [0.1, 0.15) is 14.0 Å². The third kappa shape index (κ3) is 4.91. The minimum atomic E-state index is -3.03. The fraction of sp³-hybridized carbons (Fsp3) is 1.00. The molecule has 0 saturated carbocycles. The Morgan fingerprint density at radius 1 is 1.44 bits per heavy atom. The van der Waals surface area contributed by atoms with Crippen molar-refractivity contribution in [2.75, 3.05) is 6.61 Å². The van der Waals surface area contributed by atoms with Crippen LogP contribution >= 0.6 is 6.49 Å². The second kappa shape index (κ2) is 6.82. The van der Waals surface area contributed by atoms with Gasteiger partial charge in [0.2, 0.25) is 0 Å². The quantitative estimate of drug-likeness (QED) is 0.543. The van der Waals surface area contributed by atoms with Gasteiger partial charge in [-0.15, -0.1) is 0 Å². The topological polar surface area (TPSA) is 50.8 Å². The van der Waals surface area contributed by atoms with Crippen molar-refractivity contribution in [3.05, 3.63) is 0 Å². The van der Waals surface area contributed by atoms with Crippen LogP contribution in [0.15, 0.2) is 0 Å². The second-order valence-electron chi connectivity index (χ2n) is 5.11. The van der Waals surface area contributed by atoms with Crippen LogP contribution in [0.25, 0.3) is 0 Å². The lowest BCUT2D eigenvalue weighted by molar-refractivity contribution is -0.190. The summed E-state index contributed by atoms with van der Waals surface area (Å²) < 4.78 is 16.6. The summed E-state index contributed by atoms with van der Waals surface area (Å²) in [4.78, 5) is 12.1. The zero-order valence-electron chi connectivity index (χ0n) is 11.4. The van der Waals surface area contributed by atoms with Crippen LogP contribution in [0.1, 0.15) is 34.1 Å². The Hall–Kier alpha value is 0.555. The van der Waals surface area contributed by atoms with Gasteiger partial charge in [0, 0.05) is 6.00 Å². The van der Waals surface area contributed by atoms with E-state index < -0.39 is 12.5 Å². The Kier molecular flexibility index (Phi) is 6.30. The van der Waals surface area contributed by atoms with Crippen molar-refractivity contribution in [3.8, 4) is 0 Å². The van der Waals surface area contributed by atoms with E-state index in [4.69, 9.17) is 33.7 Å². The molecule has 2 unspecified atom stereocenters. The van der Waals surface area contributed by atoms with Gasteiger partial charge in [0.15, 0.2) is 0 Å². The van der Waals surface area contributed by atoms with Crippen molar-refractivity contribution < 1.29 is 18.9 Å². The average molecular weight is 291 g/mol. The summed E-state index contributed by atoms with van der Waals surface area (Å²) in [5.74, 6) is 0. The van der Waals surface area contributed by atoms with Crippen LogP contribution in [0.5, 0.6) is 0 Å². The Labute approximate surface area is 116 Å². The molecule has 4 atom stereocenters. The Balaban J connectivity index is 2.59. The summed E-state index contributed by atoms with van der Waals surface area (Å²) in [5.41, 5.74) is -0.184. The van der Waals surface area contributed by atoms with E-state index in [0.29, 0.717) is 13.0 Å². The summed E-state index contributed by atoms with van der Waals surface area (Å²) in [7, 11) is 5.74. The average Bonchev–Trinajstić information content (AvgIpc) is 2.54. The van der Waals surface area contributed by atoms with E-state index in [1.54, 1.807) is 13.8 Å². The summed E-state index contributed by atoms with van der Waals surface area (Å²) in [5, 5.41) is 0. The third-order valence-electron chi connectivity index (χ3n) is 2.74. The van der Waals surface area contributed by atoms with Crippen molar-refractivity contribution in [2.45, 2.75) is 64.1 Å². The van der Waals surface area contributed by atoms with Gasteiger partial charge in [-0.05, 0) is 32.4 Å². The van der Waals surface area contributed by atoms with E-state index >= 15 is 0 Å². The maximum atomic E-state index is 12.1. The van der Waals surface area contributed by atoms with Crippen molar-refractivity contribution in [2.24, 2.45) is 0 Å². The summed E-state index contributed by atoms with van der Waals surface area (Å²) in [6, 6.07) is -0.405. The number of rotatable bonds is 6. The first kappa shape index (κ1) is 16.6. The Bertz CT molecular complexity index is 313. The minimum Gasteiger partial charge on any atom is -0.800 e. The largest absolute Gasteiger partial charge is 0.800 e. The van der Waals surface area contributed by atoms with Gasteiger partial charge < -0.3 is 18.9 Å². The van der Waals surface area contributed by atoms with Crippen molar-refractivity contribution >= 4 is 26.1 Å². The lowest BCUT2D eigenvalue weighted by atomic mass is 9.96. The van der Waals surface area contributed by atoms with Crippen LogP contribution in [0.4, 0.5) is 0 Å². The SMILES string of the molecule is [B][C@H]1CC(OP([O-])(=S)C(C)C)[C@@H](COC(C)C)O1. The molecule has 0 N–H and O–H groups in total. The molecule has 4 nitrogen and oxygen atoms in total. The zero-order chi connectivity index (χ0) is 13.9. The highest BCUT2D eigenvalue weighted by atomic mass is 32.5. The number of ether oxygens (including phenoxy) is 2. The molecule has 1 aliphatic rings. The molecule has 0 aromatic rings. The summed E-state index contributed by atoms with van der Waals surface area (Å²) in [6.07, 6.45) is -0.0344. The normalized spacial score (nSPS) is 32.1. The molecule has 1 fully saturated rings. The lowest BCUT2D eigenvalue weighted by Gasteiger charge is -2.36. The molecule has 1 aliphatic heterocycles. The molecular weight excluding hydrogens is 270 g/mol. The zero-order valence-corrected chi connectivity index (χ0v) is 13.1. The first-order valence-corrected chi connectivity index (χ1v) is 8.95. The minimum absolute atomic E-state index is 0.103. The van der Waals surface area contributed by atoms with E-state index in [1.165, 1.54) is 0 Å². The first-order chi connectivity index (χ1) is 8.22. The molecule has 104 valence electrons. The van der Waals surface area contributed by atoms with E-state index in [2.05, 4.69) is 0 Å². The highest BCUT2D eigenvalue weighted by molar-refractivity contribution is 8.09. The first-order valence-electron chi connectivity index (χ1n) is 6.24. The van der Waals surface area contributed by atoms with Crippen LogP contribution < -0.4 is 4.89 Å².